The third-order valence-corrected chi connectivity index (χ3v) is 6.09. The molecular weight excluding hydrogens is 534 g/mol. The van der Waals surface area contributed by atoms with Gasteiger partial charge in [0.15, 0.2) is 6.61 Å². The second kappa shape index (κ2) is 11.4. The molecule has 2 heterocycles. The number of imide groups is 2. The summed E-state index contributed by atoms with van der Waals surface area (Å²) in [6.45, 7) is 4.18. The molecular formula is C25H24BrN3O7. The van der Waals surface area contributed by atoms with Crippen LogP contribution in [0.4, 0.5) is 10.5 Å². The maximum absolute atomic E-state index is 13.1. The number of anilines is 1. The molecule has 0 unspecified atom stereocenters. The van der Waals surface area contributed by atoms with E-state index < -0.39 is 17.8 Å². The first-order chi connectivity index (χ1) is 17.4. The number of ether oxygens (including phenoxy) is 3. The molecule has 0 bridgehead atoms. The molecule has 0 radical (unpaired) electrons. The van der Waals surface area contributed by atoms with E-state index in [1.807, 2.05) is 6.92 Å². The van der Waals surface area contributed by atoms with Crippen LogP contribution in [0.15, 0.2) is 52.5 Å². The maximum Gasteiger partial charge on any atom is 0.335 e. The Labute approximate surface area is 215 Å². The van der Waals surface area contributed by atoms with Gasteiger partial charge in [0.1, 0.15) is 17.1 Å². The number of nitrogens with zero attached hydrogens (tertiary/aromatic N) is 2. The number of carbonyl (C=O) groups excluding carboxylic acids is 4. The number of carbonyl (C=O) groups is 4. The minimum absolute atomic E-state index is 0.127. The molecule has 1 N–H and O–H groups in total. The van der Waals surface area contributed by atoms with Crippen LogP contribution in [-0.2, 0) is 19.1 Å². The summed E-state index contributed by atoms with van der Waals surface area (Å²) in [5.41, 5.74) is 0.584. The van der Waals surface area contributed by atoms with Crippen molar-refractivity contribution in [2.75, 3.05) is 44.4 Å². The molecule has 2 aliphatic rings. The number of amides is 5. The van der Waals surface area contributed by atoms with E-state index in [1.165, 1.54) is 6.08 Å². The lowest BCUT2D eigenvalue weighted by Gasteiger charge is -2.27. The van der Waals surface area contributed by atoms with Crippen LogP contribution in [0.5, 0.6) is 11.5 Å². The number of rotatable bonds is 7. The van der Waals surface area contributed by atoms with E-state index in [4.69, 9.17) is 14.2 Å². The van der Waals surface area contributed by atoms with Gasteiger partial charge >= 0.3 is 6.03 Å². The molecule has 2 aromatic rings. The SMILES string of the molecule is CCOc1cccc(N2C(=O)NC(=O)/C(=C\c3ccc(OCC(=O)N4CCOCC4)c(Br)c3)C2=O)c1. The van der Waals surface area contributed by atoms with Crippen LogP contribution in [0.25, 0.3) is 6.08 Å². The monoisotopic (exact) mass is 557 g/mol. The smallest absolute Gasteiger partial charge is 0.335 e. The molecule has 0 spiro atoms. The first-order valence-electron chi connectivity index (χ1n) is 11.3. The number of morpholine rings is 1. The van der Waals surface area contributed by atoms with Crippen LogP contribution in [0.3, 0.4) is 0 Å². The number of nitrogens with one attached hydrogen (secondary N) is 1. The van der Waals surface area contributed by atoms with Gasteiger partial charge in [0, 0.05) is 19.2 Å². The highest BCUT2D eigenvalue weighted by Crippen LogP contribution is 2.29. The van der Waals surface area contributed by atoms with Crippen LogP contribution in [-0.4, -0.2) is 68.2 Å². The molecule has 11 heteroatoms. The average Bonchev–Trinajstić information content (AvgIpc) is 2.87. The summed E-state index contributed by atoms with van der Waals surface area (Å²) in [6.07, 6.45) is 1.39. The molecule has 0 aromatic heterocycles. The summed E-state index contributed by atoms with van der Waals surface area (Å²) in [4.78, 5) is 53.0. The first-order valence-corrected chi connectivity index (χ1v) is 12.1. The van der Waals surface area contributed by atoms with Crippen molar-refractivity contribution in [3.05, 3.63) is 58.1 Å². The van der Waals surface area contributed by atoms with Crippen molar-refractivity contribution < 1.29 is 33.4 Å². The van der Waals surface area contributed by atoms with Crippen LogP contribution in [0.1, 0.15) is 12.5 Å². The first kappa shape index (κ1) is 25.4. The average molecular weight is 558 g/mol. The molecule has 4 rings (SSSR count). The molecule has 0 saturated carbocycles. The van der Waals surface area contributed by atoms with Gasteiger partial charge in [-0.15, -0.1) is 0 Å². The fraction of sp³-hybridized carbons (Fsp3) is 0.280. The summed E-state index contributed by atoms with van der Waals surface area (Å²) in [6, 6.07) is 10.6. The number of hydrogen-bond donors (Lipinski definition) is 1. The minimum Gasteiger partial charge on any atom is -0.494 e. The lowest BCUT2D eigenvalue weighted by atomic mass is 10.1. The Balaban J connectivity index is 1.50. The Morgan fingerprint density at radius 1 is 1.11 bits per heavy atom. The second-order valence-electron chi connectivity index (χ2n) is 7.86. The lowest BCUT2D eigenvalue weighted by Crippen LogP contribution is -2.54. The van der Waals surface area contributed by atoms with Gasteiger partial charge in [-0.05, 0) is 58.8 Å². The van der Waals surface area contributed by atoms with Gasteiger partial charge < -0.3 is 19.1 Å². The molecule has 2 saturated heterocycles. The van der Waals surface area contributed by atoms with Gasteiger partial charge in [-0.25, -0.2) is 9.69 Å². The summed E-state index contributed by atoms with van der Waals surface area (Å²) in [5.74, 6) is -0.772. The van der Waals surface area contributed by atoms with Gasteiger partial charge in [0.25, 0.3) is 17.7 Å². The quantitative estimate of drug-likeness (QED) is 0.411. The molecule has 2 aliphatic heterocycles. The zero-order valence-corrected chi connectivity index (χ0v) is 21.1. The lowest BCUT2D eigenvalue weighted by molar-refractivity contribution is -0.137. The second-order valence-corrected chi connectivity index (χ2v) is 8.71. The van der Waals surface area contributed by atoms with E-state index in [9.17, 15) is 19.2 Å². The Morgan fingerprint density at radius 2 is 1.89 bits per heavy atom. The molecule has 36 heavy (non-hydrogen) atoms. The van der Waals surface area contributed by atoms with Crippen molar-refractivity contribution in [3.8, 4) is 11.5 Å². The Kier molecular flexibility index (Phi) is 8.01. The van der Waals surface area contributed by atoms with Crippen molar-refractivity contribution in [2.24, 2.45) is 0 Å². The highest BCUT2D eigenvalue weighted by molar-refractivity contribution is 9.10. The van der Waals surface area contributed by atoms with Crippen LogP contribution in [0, 0.1) is 0 Å². The van der Waals surface area contributed by atoms with Crippen molar-refractivity contribution in [1.82, 2.24) is 10.2 Å². The highest BCUT2D eigenvalue weighted by atomic mass is 79.9. The Hall–Kier alpha value is -3.70. The molecule has 0 aliphatic carbocycles. The van der Waals surface area contributed by atoms with Gasteiger partial charge in [-0.2, -0.15) is 0 Å². The fourth-order valence-electron chi connectivity index (χ4n) is 3.71. The van der Waals surface area contributed by atoms with E-state index >= 15 is 0 Å². The third-order valence-electron chi connectivity index (χ3n) is 5.47. The molecule has 0 atom stereocenters. The summed E-state index contributed by atoms with van der Waals surface area (Å²) in [5, 5.41) is 2.20. The van der Waals surface area contributed by atoms with Crippen molar-refractivity contribution >= 4 is 51.4 Å². The van der Waals surface area contributed by atoms with E-state index in [0.29, 0.717) is 54.4 Å². The zero-order chi connectivity index (χ0) is 25.7. The van der Waals surface area contributed by atoms with Crippen LogP contribution >= 0.6 is 15.9 Å². The van der Waals surface area contributed by atoms with Crippen molar-refractivity contribution in [1.29, 1.82) is 0 Å². The van der Waals surface area contributed by atoms with Crippen molar-refractivity contribution in [2.45, 2.75) is 6.92 Å². The zero-order valence-electron chi connectivity index (χ0n) is 19.5. The van der Waals surface area contributed by atoms with Gasteiger partial charge in [0.05, 0.1) is 30.0 Å². The standard InChI is InChI=1S/C25H24BrN3O7/c1-2-35-18-5-3-4-17(14-18)29-24(32)19(23(31)27-25(29)33)12-16-6-7-21(20(26)13-16)36-15-22(30)28-8-10-34-11-9-28/h3-7,12-14H,2,8-11,15H2,1H3,(H,27,31,33)/b19-12+. The van der Waals surface area contributed by atoms with Crippen LogP contribution in [0.2, 0.25) is 0 Å². The van der Waals surface area contributed by atoms with Crippen molar-refractivity contribution in [3.63, 3.8) is 0 Å². The normalized spacial score (nSPS) is 17.3. The number of barbiturate groups is 1. The molecule has 188 valence electrons. The highest BCUT2D eigenvalue weighted by Gasteiger charge is 2.37. The van der Waals surface area contributed by atoms with E-state index in [2.05, 4.69) is 21.2 Å². The van der Waals surface area contributed by atoms with E-state index in [0.717, 1.165) is 4.90 Å². The Bertz CT molecular complexity index is 1220. The van der Waals surface area contributed by atoms with Gasteiger partial charge in [-0.1, -0.05) is 12.1 Å². The molecule has 2 fully saturated rings. The fourth-order valence-corrected chi connectivity index (χ4v) is 4.22. The Morgan fingerprint density at radius 3 is 2.61 bits per heavy atom. The number of urea groups is 1. The van der Waals surface area contributed by atoms with E-state index in [-0.39, 0.29) is 23.8 Å². The molecule has 2 aromatic carbocycles. The predicted octanol–water partition coefficient (Wildman–Crippen LogP) is 2.75. The summed E-state index contributed by atoms with van der Waals surface area (Å²) < 4.78 is 16.9. The molecule has 5 amide bonds. The summed E-state index contributed by atoms with van der Waals surface area (Å²) >= 11 is 3.41. The number of benzene rings is 2. The summed E-state index contributed by atoms with van der Waals surface area (Å²) in [7, 11) is 0. The maximum atomic E-state index is 13.1. The van der Waals surface area contributed by atoms with Crippen LogP contribution < -0.4 is 19.7 Å². The predicted molar refractivity (Wildman–Crippen MR) is 134 cm³/mol. The third kappa shape index (κ3) is 5.74. The number of hydrogen-bond acceptors (Lipinski definition) is 7. The van der Waals surface area contributed by atoms with Gasteiger partial charge in [-0.3, -0.25) is 19.7 Å². The largest absolute Gasteiger partial charge is 0.494 e. The topological polar surface area (TPSA) is 114 Å². The van der Waals surface area contributed by atoms with Gasteiger partial charge in [0.2, 0.25) is 0 Å². The van der Waals surface area contributed by atoms with E-state index in [1.54, 1.807) is 47.4 Å². The molecule has 10 nitrogen and oxygen atoms in total. The number of halogens is 1. The minimum atomic E-state index is -0.842.